The van der Waals surface area contributed by atoms with Gasteiger partial charge in [-0.3, -0.25) is 18.9 Å². The molecule has 0 aromatic carbocycles. The predicted octanol–water partition coefficient (Wildman–Crippen LogP) is -0.977. The monoisotopic (exact) mass is 348 g/mol. The van der Waals surface area contributed by atoms with Gasteiger partial charge in [0.15, 0.2) is 0 Å². The van der Waals surface area contributed by atoms with E-state index in [4.69, 9.17) is 14.5 Å². The standard InChI is InChI=1S/C12H17N2O8P/c1-2-3-7-5-14(12(17)13-11(7)16)10-4-8(15)9(22-10)6-21-23(18,19)20/h2,5,8-10,15H,1,3-4,6H2,(H,13,16,17)(H2,18,19,20)/t8-,9+,10+/m0/s1. The normalized spacial score (nSPS) is 24.7. The lowest BCUT2D eigenvalue weighted by Crippen LogP contribution is -2.34. The van der Waals surface area contributed by atoms with Gasteiger partial charge in [-0.2, -0.15) is 0 Å². The summed E-state index contributed by atoms with van der Waals surface area (Å²) in [5.74, 6) is 0. The maximum absolute atomic E-state index is 11.9. The van der Waals surface area contributed by atoms with E-state index in [0.717, 1.165) is 4.57 Å². The zero-order valence-corrected chi connectivity index (χ0v) is 12.9. The molecular formula is C12H17N2O8P. The van der Waals surface area contributed by atoms with Gasteiger partial charge in [-0.15, -0.1) is 6.58 Å². The molecule has 1 aliphatic heterocycles. The Bertz CT molecular complexity index is 735. The number of allylic oxidation sites excluding steroid dienone is 1. The van der Waals surface area contributed by atoms with Crippen molar-refractivity contribution in [3.05, 3.63) is 45.3 Å². The number of aromatic amines is 1. The van der Waals surface area contributed by atoms with Gasteiger partial charge in [-0.1, -0.05) is 6.08 Å². The van der Waals surface area contributed by atoms with Crippen LogP contribution in [0.15, 0.2) is 28.4 Å². The van der Waals surface area contributed by atoms with Gasteiger partial charge in [-0.25, -0.2) is 9.36 Å². The molecule has 0 bridgehead atoms. The Hall–Kier alpha value is -1.55. The maximum Gasteiger partial charge on any atom is 0.469 e. The topological polar surface area (TPSA) is 151 Å². The van der Waals surface area contributed by atoms with Crippen LogP contribution in [-0.2, 0) is 20.2 Å². The van der Waals surface area contributed by atoms with Crippen LogP contribution in [0, 0.1) is 0 Å². The van der Waals surface area contributed by atoms with Crippen molar-refractivity contribution < 1.29 is 28.7 Å². The minimum atomic E-state index is -4.69. The molecule has 1 saturated heterocycles. The number of phosphoric acid groups is 1. The number of hydrogen-bond donors (Lipinski definition) is 4. The summed E-state index contributed by atoms with van der Waals surface area (Å²) < 4.78 is 21.5. The third-order valence-electron chi connectivity index (χ3n) is 3.33. The molecule has 1 aromatic heterocycles. The number of aromatic nitrogens is 2. The van der Waals surface area contributed by atoms with Gasteiger partial charge in [0.1, 0.15) is 12.3 Å². The zero-order chi connectivity index (χ0) is 17.2. The number of rotatable bonds is 6. The second kappa shape index (κ2) is 6.91. The number of aliphatic hydroxyl groups is 1. The minimum absolute atomic E-state index is 0.00860. The second-order valence-electron chi connectivity index (χ2n) is 5.03. The van der Waals surface area contributed by atoms with E-state index in [9.17, 15) is 19.3 Å². The van der Waals surface area contributed by atoms with Crippen molar-refractivity contribution in [2.75, 3.05) is 6.61 Å². The fourth-order valence-electron chi connectivity index (χ4n) is 2.25. The van der Waals surface area contributed by atoms with Crippen LogP contribution in [0.3, 0.4) is 0 Å². The number of nitrogens with zero attached hydrogens (tertiary/aromatic N) is 1. The van der Waals surface area contributed by atoms with Gasteiger partial charge >= 0.3 is 13.5 Å². The molecular weight excluding hydrogens is 331 g/mol. The van der Waals surface area contributed by atoms with E-state index in [1.54, 1.807) is 0 Å². The highest BCUT2D eigenvalue weighted by molar-refractivity contribution is 7.46. The van der Waals surface area contributed by atoms with Crippen LogP contribution in [-0.4, -0.2) is 43.3 Å². The van der Waals surface area contributed by atoms with Gasteiger partial charge in [-0.05, 0) is 6.42 Å². The highest BCUT2D eigenvalue weighted by Crippen LogP contribution is 2.38. The summed E-state index contributed by atoms with van der Waals surface area (Å²) in [6.07, 6.45) is 0.0998. The first-order valence-electron chi connectivity index (χ1n) is 6.70. The second-order valence-corrected chi connectivity index (χ2v) is 6.27. The number of nitrogens with one attached hydrogen (secondary N) is 1. The highest BCUT2D eigenvalue weighted by Gasteiger charge is 2.37. The van der Waals surface area contributed by atoms with Crippen LogP contribution < -0.4 is 11.2 Å². The highest BCUT2D eigenvalue weighted by atomic mass is 31.2. The van der Waals surface area contributed by atoms with Crippen molar-refractivity contribution in [2.45, 2.75) is 31.3 Å². The van der Waals surface area contributed by atoms with E-state index in [2.05, 4.69) is 16.1 Å². The Morgan fingerprint density at radius 1 is 1.52 bits per heavy atom. The Morgan fingerprint density at radius 3 is 2.83 bits per heavy atom. The van der Waals surface area contributed by atoms with Gasteiger partial charge in [0, 0.05) is 18.2 Å². The lowest BCUT2D eigenvalue weighted by Gasteiger charge is -2.16. The van der Waals surface area contributed by atoms with Crippen molar-refractivity contribution in [3.63, 3.8) is 0 Å². The fraction of sp³-hybridized carbons (Fsp3) is 0.500. The quantitative estimate of drug-likeness (QED) is 0.378. The SMILES string of the molecule is C=CCc1cn([C@H]2C[C@H](O)[C@@H](COP(=O)(O)O)O2)c(=O)[nH]c1=O. The first-order chi connectivity index (χ1) is 10.7. The molecule has 2 rings (SSSR count). The summed E-state index contributed by atoms with van der Waals surface area (Å²) in [5.41, 5.74) is -0.949. The molecule has 0 radical (unpaired) electrons. The van der Waals surface area contributed by atoms with Crippen LogP contribution in [0.2, 0.25) is 0 Å². The lowest BCUT2D eigenvalue weighted by atomic mass is 10.2. The summed E-state index contributed by atoms with van der Waals surface area (Å²) in [4.78, 5) is 43.0. The summed E-state index contributed by atoms with van der Waals surface area (Å²) in [6.45, 7) is 2.99. The molecule has 2 heterocycles. The Balaban J connectivity index is 2.19. The number of hydrogen-bond acceptors (Lipinski definition) is 6. The molecule has 0 unspecified atom stereocenters. The van der Waals surface area contributed by atoms with Crippen molar-refractivity contribution in [1.82, 2.24) is 9.55 Å². The lowest BCUT2D eigenvalue weighted by molar-refractivity contribution is -0.0451. The van der Waals surface area contributed by atoms with E-state index in [1.807, 2.05) is 0 Å². The zero-order valence-electron chi connectivity index (χ0n) is 12.0. The molecule has 0 amide bonds. The van der Waals surface area contributed by atoms with Crippen LogP contribution in [0.4, 0.5) is 0 Å². The van der Waals surface area contributed by atoms with Crippen molar-refractivity contribution in [2.24, 2.45) is 0 Å². The first kappa shape index (κ1) is 17.8. The largest absolute Gasteiger partial charge is 0.469 e. The molecule has 128 valence electrons. The molecule has 0 saturated carbocycles. The molecule has 10 nitrogen and oxygen atoms in total. The number of ether oxygens (including phenoxy) is 1. The van der Waals surface area contributed by atoms with Crippen LogP contribution in [0.25, 0.3) is 0 Å². The number of phosphoric ester groups is 1. The van der Waals surface area contributed by atoms with E-state index in [0.29, 0.717) is 5.56 Å². The fourth-order valence-corrected chi connectivity index (χ4v) is 2.59. The minimum Gasteiger partial charge on any atom is -0.390 e. The summed E-state index contributed by atoms with van der Waals surface area (Å²) in [5, 5.41) is 9.87. The average Bonchev–Trinajstić information content (AvgIpc) is 2.80. The van der Waals surface area contributed by atoms with E-state index >= 15 is 0 Å². The number of aliphatic hydroxyl groups excluding tert-OH is 1. The maximum atomic E-state index is 11.9. The van der Waals surface area contributed by atoms with Crippen LogP contribution in [0.5, 0.6) is 0 Å². The molecule has 1 fully saturated rings. The molecule has 1 aliphatic rings. The van der Waals surface area contributed by atoms with Crippen LogP contribution in [0.1, 0.15) is 18.2 Å². The Kier molecular flexibility index (Phi) is 5.35. The molecule has 11 heteroatoms. The summed E-state index contributed by atoms with van der Waals surface area (Å²) in [6, 6.07) is 0. The van der Waals surface area contributed by atoms with Crippen molar-refractivity contribution >= 4 is 7.82 Å². The molecule has 3 atom stereocenters. The molecule has 1 aromatic rings. The van der Waals surface area contributed by atoms with Crippen molar-refractivity contribution in [1.29, 1.82) is 0 Å². The third kappa shape index (κ3) is 4.47. The number of H-pyrrole nitrogens is 1. The van der Waals surface area contributed by atoms with Gasteiger partial charge in [0.2, 0.25) is 0 Å². The average molecular weight is 348 g/mol. The third-order valence-corrected chi connectivity index (χ3v) is 3.81. The van der Waals surface area contributed by atoms with E-state index < -0.39 is 44.1 Å². The molecule has 0 aliphatic carbocycles. The van der Waals surface area contributed by atoms with Gasteiger partial charge in [0.05, 0.1) is 12.7 Å². The first-order valence-corrected chi connectivity index (χ1v) is 8.23. The van der Waals surface area contributed by atoms with Gasteiger partial charge in [0.25, 0.3) is 5.56 Å². The Morgan fingerprint density at radius 2 is 2.22 bits per heavy atom. The van der Waals surface area contributed by atoms with E-state index in [-0.39, 0.29) is 12.8 Å². The molecule has 23 heavy (non-hydrogen) atoms. The summed E-state index contributed by atoms with van der Waals surface area (Å²) >= 11 is 0. The summed E-state index contributed by atoms with van der Waals surface area (Å²) in [7, 11) is -4.69. The van der Waals surface area contributed by atoms with Gasteiger partial charge < -0.3 is 19.6 Å². The Labute approximate surface area is 130 Å². The smallest absolute Gasteiger partial charge is 0.390 e. The van der Waals surface area contributed by atoms with Crippen LogP contribution >= 0.6 is 7.82 Å². The van der Waals surface area contributed by atoms with E-state index in [1.165, 1.54) is 12.3 Å². The molecule has 0 spiro atoms. The van der Waals surface area contributed by atoms with Crippen molar-refractivity contribution in [3.8, 4) is 0 Å². The molecule has 4 N–H and O–H groups in total. The predicted molar refractivity (Wildman–Crippen MR) is 77.8 cm³/mol.